The summed E-state index contributed by atoms with van der Waals surface area (Å²) in [6, 6.07) is 5.07. The number of phenolic OH excluding ortho intramolecular Hbond substituents is 1. The van der Waals surface area contributed by atoms with Gasteiger partial charge in [0.2, 0.25) is 0 Å². The summed E-state index contributed by atoms with van der Waals surface area (Å²) in [5, 5.41) is 9.60. The van der Waals surface area contributed by atoms with Crippen molar-refractivity contribution in [3.05, 3.63) is 29.3 Å². The molecule has 0 saturated heterocycles. The van der Waals surface area contributed by atoms with Gasteiger partial charge in [0.25, 0.3) is 5.91 Å². The second-order valence-electron chi connectivity index (χ2n) is 3.50. The Bertz CT molecular complexity index is 357. The molecule has 1 N–H and O–H groups in total. The summed E-state index contributed by atoms with van der Waals surface area (Å²) < 4.78 is 0. The van der Waals surface area contributed by atoms with E-state index in [2.05, 4.69) is 0 Å². The summed E-state index contributed by atoms with van der Waals surface area (Å²) >= 11 is 0. The molecule has 0 aliphatic heterocycles. The van der Waals surface area contributed by atoms with Gasteiger partial charge in [0.1, 0.15) is 5.75 Å². The lowest BCUT2D eigenvalue weighted by Gasteiger charge is -2.19. The van der Waals surface area contributed by atoms with Crippen LogP contribution in [0.15, 0.2) is 18.2 Å². The van der Waals surface area contributed by atoms with Crippen molar-refractivity contribution < 1.29 is 9.90 Å². The van der Waals surface area contributed by atoms with Crippen molar-refractivity contribution in [2.24, 2.45) is 0 Å². The van der Waals surface area contributed by atoms with Gasteiger partial charge in [-0.1, -0.05) is 11.6 Å². The minimum atomic E-state index is -0.110. The van der Waals surface area contributed by atoms with Gasteiger partial charge in [0.15, 0.2) is 0 Å². The Kier molecular flexibility index (Phi) is 3.72. The summed E-state index contributed by atoms with van der Waals surface area (Å²) in [5.74, 6) is -0.0568. The third-order valence-corrected chi connectivity index (χ3v) is 2.43. The quantitative estimate of drug-likeness (QED) is 0.825. The number of carbonyl (C=O) groups is 1. The van der Waals surface area contributed by atoms with Gasteiger partial charge in [-0.2, -0.15) is 0 Å². The number of amides is 1. The average Bonchev–Trinajstić information content (AvgIpc) is 2.23. The van der Waals surface area contributed by atoms with E-state index in [4.69, 9.17) is 0 Å². The topological polar surface area (TPSA) is 40.5 Å². The molecular formula is C12H17NO2. The molecule has 1 aromatic carbocycles. The second kappa shape index (κ2) is 4.82. The number of rotatable bonds is 3. The van der Waals surface area contributed by atoms with Crippen LogP contribution in [-0.4, -0.2) is 29.0 Å². The Labute approximate surface area is 90.3 Å². The first-order valence-corrected chi connectivity index (χ1v) is 5.19. The molecule has 3 heteroatoms. The molecule has 0 saturated carbocycles. The average molecular weight is 207 g/mol. The minimum Gasteiger partial charge on any atom is -0.507 e. The molecule has 15 heavy (non-hydrogen) atoms. The van der Waals surface area contributed by atoms with E-state index in [0.717, 1.165) is 5.56 Å². The van der Waals surface area contributed by atoms with Gasteiger partial charge in [-0.25, -0.2) is 0 Å². The molecule has 0 bridgehead atoms. The fraction of sp³-hybridized carbons (Fsp3) is 0.417. The zero-order chi connectivity index (χ0) is 11.4. The third kappa shape index (κ3) is 2.49. The summed E-state index contributed by atoms with van der Waals surface area (Å²) in [6.07, 6.45) is 0. The van der Waals surface area contributed by atoms with Gasteiger partial charge in [-0.3, -0.25) is 4.79 Å². The lowest BCUT2D eigenvalue weighted by Crippen LogP contribution is -2.30. The van der Waals surface area contributed by atoms with E-state index in [1.165, 1.54) is 0 Å². The highest BCUT2D eigenvalue weighted by Gasteiger charge is 2.16. The monoisotopic (exact) mass is 207 g/mol. The van der Waals surface area contributed by atoms with Gasteiger partial charge in [-0.15, -0.1) is 0 Å². The van der Waals surface area contributed by atoms with Crippen LogP contribution in [0.4, 0.5) is 0 Å². The Hall–Kier alpha value is -1.51. The number of aromatic hydroxyl groups is 1. The lowest BCUT2D eigenvalue weighted by molar-refractivity contribution is 0.0770. The molecule has 0 heterocycles. The smallest absolute Gasteiger partial charge is 0.257 e. The van der Waals surface area contributed by atoms with Crippen LogP contribution in [0.1, 0.15) is 29.8 Å². The van der Waals surface area contributed by atoms with Crippen molar-refractivity contribution in [3.8, 4) is 5.75 Å². The normalized spacial score (nSPS) is 10.1. The number of hydrogen-bond donors (Lipinski definition) is 1. The number of aryl methyl sites for hydroxylation is 1. The zero-order valence-electron chi connectivity index (χ0n) is 9.45. The fourth-order valence-electron chi connectivity index (χ4n) is 1.50. The van der Waals surface area contributed by atoms with Gasteiger partial charge in [0, 0.05) is 13.1 Å². The molecule has 0 fully saturated rings. The van der Waals surface area contributed by atoms with Gasteiger partial charge in [-0.05, 0) is 32.9 Å². The molecule has 0 aliphatic rings. The van der Waals surface area contributed by atoms with Crippen LogP contribution in [0.5, 0.6) is 5.75 Å². The number of hydrogen-bond acceptors (Lipinski definition) is 2. The lowest BCUT2D eigenvalue weighted by atomic mass is 10.1. The highest BCUT2D eigenvalue weighted by Crippen LogP contribution is 2.19. The Morgan fingerprint density at radius 1 is 1.33 bits per heavy atom. The molecule has 0 aliphatic carbocycles. The highest BCUT2D eigenvalue weighted by atomic mass is 16.3. The molecule has 0 aromatic heterocycles. The predicted molar refractivity (Wildman–Crippen MR) is 60.1 cm³/mol. The van der Waals surface area contributed by atoms with Crippen molar-refractivity contribution in [2.45, 2.75) is 20.8 Å². The van der Waals surface area contributed by atoms with Crippen molar-refractivity contribution in [2.75, 3.05) is 13.1 Å². The van der Waals surface area contributed by atoms with E-state index >= 15 is 0 Å². The maximum atomic E-state index is 11.9. The van der Waals surface area contributed by atoms with E-state index in [-0.39, 0.29) is 11.7 Å². The molecule has 0 atom stereocenters. The van der Waals surface area contributed by atoms with E-state index < -0.39 is 0 Å². The van der Waals surface area contributed by atoms with E-state index in [0.29, 0.717) is 18.7 Å². The zero-order valence-corrected chi connectivity index (χ0v) is 9.45. The molecule has 0 radical (unpaired) electrons. The maximum Gasteiger partial charge on any atom is 0.257 e. The second-order valence-corrected chi connectivity index (χ2v) is 3.50. The largest absolute Gasteiger partial charge is 0.507 e. The summed E-state index contributed by atoms with van der Waals surface area (Å²) in [6.45, 7) is 7.06. The molecule has 3 nitrogen and oxygen atoms in total. The highest BCUT2D eigenvalue weighted by molar-refractivity contribution is 5.97. The summed E-state index contributed by atoms with van der Waals surface area (Å²) in [4.78, 5) is 13.6. The van der Waals surface area contributed by atoms with Crippen molar-refractivity contribution in [1.82, 2.24) is 4.90 Å². The van der Waals surface area contributed by atoms with Crippen LogP contribution >= 0.6 is 0 Å². The van der Waals surface area contributed by atoms with Crippen LogP contribution in [0.2, 0.25) is 0 Å². The molecular weight excluding hydrogens is 190 g/mol. The van der Waals surface area contributed by atoms with Crippen molar-refractivity contribution in [1.29, 1.82) is 0 Å². The maximum absolute atomic E-state index is 11.9. The van der Waals surface area contributed by atoms with E-state index in [1.807, 2.05) is 20.8 Å². The first kappa shape index (κ1) is 11.6. The van der Waals surface area contributed by atoms with E-state index in [1.54, 1.807) is 23.1 Å². The Morgan fingerprint density at radius 3 is 2.47 bits per heavy atom. The Morgan fingerprint density at radius 2 is 1.93 bits per heavy atom. The molecule has 82 valence electrons. The summed E-state index contributed by atoms with van der Waals surface area (Å²) in [5.41, 5.74) is 1.36. The van der Waals surface area contributed by atoms with Gasteiger partial charge < -0.3 is 10.0 Å². The van der Waals surface area contributed by atoms with E-state index in [9.17, 15) is 9.90 Å². The van der Waals surface area contributed by atoms with Crippen LogP contribution in [0, 0.1) is 6.92 Å². The number of nitrogens with zero attached hydrogens (tertiary/aromatic N) is 1. The SMILES string of the molecule is CCN(CC)C(=O)c1cc(C)ccc1O. The first-order chi connectivity index (χ1) is 7.10. The molecule has 1 rings (SSSR count). The number of carbonyl (C=O) groups excluding carboxylic acids is 1. The van der Waals surface area contributed by atoms with Crippen molar-refractivity contribution >= 4 is 5.91 Å². The molecule has 1 aromatic rings. The first-order valence-electron chi connectivity index (χ1n) is 5.19. The van der Waals surface area contributed by atoms with Gasteiger partial charge in [0.05, 0.1) is 5.56 Å². The van der Waals surface area contributed by atoms with Crippen LogP contribution < -0.4 is 0 Å². The molecule has 1 amide bonds. The fourth-order valence-corrected chi connectivity index (χ4v) is 1.50. The molecule has 0 unspecified atom stereocenters. The Balaban J connectivity index is 3.04. The van der Waals surface area contributed by atoms with Crippen LogP contribution in [0.3, 0.4) is 0 Å². The van der Waals surface area contributed by atoms with Crippen LogP contribution in [0.25, 0.3) is 0 Å². The summed E-state index contributed by atoms with van der Waals surface area (Å²) in [7, 11) is 0. The number of phenols is 1. The third-order valence-electron chi connectivity index (χ3n) is 2.43. The van der Waals surface area contributed by atoms with Gasteiger partial charge >= 0.3 is 0 Å². The standard InChI is InChI=1S/C12H17NO2/c1-4-13(5-2)12(15)10-8-9(3)6-7-11(10)14/h6-8,14H,4-5H2,1-3H3. The predicted octanol–water partition coefficient (Wildman–Crippen LogP) is 2.18. The number of benzene rings is 1. The minimum absolute atomic E-state index is 0.0532. The van der Waals surface area contributed by atoms with Crippen molar-refractivity contribution in [3.63, 3.8) is 0 Å². The molecule has 0 spiro atoms. The van der Waals surface area contributed by atoms with Crippen LogP contribution in [-0.2, 0) is 0 Å².